The zero-order valence-electron chi connectivity index (χ0n) is 18.5. The number of nitrogens with one attached hydrogen (secondary N) is 2. The lowest BCUT2D eigenvalue weighted by molar-refractivity contribution is -0.119. The van der Waals surface area contributed by atoms with Crippen molar-refractivity contribution in [3.05, 3.63) is 89.4 Å². The quantitative estimate of drug-likeness (QED) is 0.361. The zero-order valence-corrected chi connectivity index (χ0v) is 20.1. The SMILES string of the molecule is CC(=O)Nc1ccc(/C(C)=N/NC(=O)CN(c2ccccc2Cl)S(=O)(=O)c2ccccc2)cc1. The average Bonchev–Trinajstić information content (AvgIpc) is 2.82. The third-order valence-corrected chi connectivity index (χ3v) is 6.80. The van der Waals surface area contributed by atoms with Gasteiger partial charge in [-0.3, -0.25) is 13.9 Å². The monoisotopic (exact) mass is 498 g/mol. The molecule has 3 aromatic carbocycles. The second kappa shape index (κ2) is 11.0. The van der Waals surface area contributed by atoms with Crippen LogP contribution in [0.4, 0.5) is 11.4 Å². The van der Waals surface area contributed by atoms with Crippen LogP contribution in [0.25, 0.3) is 0 Å². The molecule has 10 heteroatoms. The molecule has 0 fully saturated rings. The fourth-order valence-corrected chi connectivity index (χ4v) is 4.80. The number of halogens is 1. The Bertz CT molecular complexity index is 1310. The number of rotatable bonds is 8. The number of sulfonamides is 1. The van der Waals surface area contributed by atoms with Crippen molar-refractivity contribution in [2.24, 2.45) is 5.10 Å². The van der Waals surface area contributed by atoms with Crippen molar-refractivity contribution in [3.63, 3.8) is 0 Å². The Morgan fingerprint density at radius 1 is 0.912 bits per heavy atom. The number of nitrogens with zero attached hydrogens (tertiary/aromatic N) is 2. The predicted molar refractivity (Wildman–Crippen MR) is 134 cm³/mol. The maximum Gasteiger partial charge on any atom is 0.264 e. The van der Waals surface area contributed by atoms with E-state index in [1.54, 1.807) is 67.6 Å². The molecule has 0 radical (unpaired) electrons. The minimum absolute atomic E-state index is 0.0293. The van der Waals surface area contributed by atoms with E-state index in [1.165, 1.54) is 25.1 Å². The fourth-order valence-electron chi connectivity index (χ4n) is 3.05. The van der Waals surface area contributed by atoms with Gasteiger partial charge in [0.25, 0.3) is 15.9 Å². The van der Waals surface area contributed by atoms with Crippen molar-refractivity contribution in [3.8, 4) is 0 Å². The number of benzene rings is 3. The number of carbonyl (C=O) groups excluding carboxylic acids is 2. The first-order valence-electron chi connectivity index (χ1n) is 10.2. The van der Waals surface area contributed by atoms with Gasteiger partial charge in [-0.25, -0.2) is 13.8 Å². The normalized spacial score (nSPS) is 11.6. The van der Waals surface area contributed by atoms with Crippen LogP contribution in [0.2, 0.25) is 5.02 Å². The van der Waals surface area contributed by atoms with Crippen molar-refractivity contribution in [1.82, 2.24) is 5.43 Å². The molecule has 0 bridgehead atoms. The van der Waals surface area contributed by atoms with Gasteiger partial charge in [-0.2, -0.15) is 5.10 Å². The number of para-hydroxylation sites is 1. The molecule has 0 unspecified atom stereocenters. The lowest BCUT2D eigenvalue weighted by atomic mass is 10.1. The second-order valence-electron chi connectivity index (χ2n) is 7.27. The van der Waals surface area contributed by atoms with Crippen molar-refractivity contribution in [2.75, 3.05) is 16.2 Å². The summed E-state index contributed by atoms with van der Waals surface area (Å²) in [4.78, 5) is 23.9. The Labute approximate surface area is 203 Å². The molecule has 0 saturated carbocycles. The van der Waals surface area contributed by atoms with Gasteiger partial charge in [-0.05, 0) is 48.9 Å². The van der Waals surface area contributed by atoms with E-state index < -0.39 is 22.5 Å². The van der Waals surface area contributed by atoms with Gasteiger partial charge < -0.3 is 5.32 Å². The lowest BCUT2D eigenvalue weighted by Crippen LogP contribution is -2.40. The van der Waals surface area contributed by atoms with E-state index in [4.69, 9.17) is 11.6 Å². The molecular weight excluding hydrogens is 476 g/mol. The lowest BCUT2D eigenvalue weighted by Gasteiger charge is -2.24. The van der Waals surface area contributed by atoms with Crippen molar-refractivity contribution in [1.29, 1.82) is 0 Å². The number of anilines is 2. The highest BCUT2D eigenvalue weighted by molar-refractivity contribution is 7.92. The largest absolute Gasteiger partial charge is 0.326 e. The van der Waals surface area contributed by atoms with E-state index in [0.29, 0.717) is 17.0 Å². The molecule has 3 rings (SSSR count). The molecule has 0 saturated heterocycles. The summed E-state index contributed by atoms with van der Waals surface area (Å²) in [6.07, 6.45) is 0. The molecule has 176 valence electrons. The average molecular weight is 499 g/mol. The summed E-state index contributed by atoms with van der Waals surface area (Å²) < 4.78 is 27.6. The summed E-state index contributed by atoms with van der Waals surface area (Å²) in [6.45, 7) is 2.58. The molecule has 0 aromatic heterocycles. The molecule has 0 aliphatic heterocycles. The third-order valence-electron chi connectivity index (χ3n) is 4.71. The standard InChI is InChI=1S/C24H23ClN4O4S/c1-17(19-12-14-20(15-13-19)26-18(2)30)27-28-24(31)16-29(23-11-7-6-10-22(23)25)34(32,33)21-8-4-3-5-9-21/h3-15H,16H2,1-2H3,(H,26,30)(H,28,31)/b27-17+. The maximum atomic E-state index is 13.3. The highest BCUT2D eigenvalue weighted by atomic mass is 35.5. The number of amides is 2. The van der Waals surface area contributed by atoms with Crippen molar-refractivity contribution >= 4 is 50.5 Å². The van der Waals surface area contributed by atoms with Crippen LogP contribution in [0.15, 0.2) is 88.9 Å². The molecule has 34 heavy (non-hydrogen) atoms. The smallest absolute Gasteiger partial charge is 0.264 e. The summed E-state index contributed by atoms with van der Waals surface area (Å²) in [5.41, 5.74) is 4.43. The van der Waals surface area contributed by atoms with Crippen LogP contribution in [-0.4, -0.2) is 32.5 Å². The van der Waals surface area contributed by atoms with Crippen LogP contribution in [0.3, 0.4) is 0 Å². The molecule has 8 nitrogen and oxygen atoms in total. The third kappa shape index (κ3) is 6.21. The van der Waals surface area contributed by atoms with Crippen LogP contribution in [0.5, 0.6) is 0 Å². The van der Waals surface area contributed by atoms with Gasteiger partial charge in [0.15, 0.2) is 0 Å². The zero-order chi connectivity index (χ0) is 24.7. The van der Waals surface area contributed by atoms with Gasteiger partial charge in [0, 0.05) is 12.6 Å². The predicted octanol–water partition coefficient (Wildman–Crippen LogP) is 4.03. The first-order valence-corrected chi connectivity index (χ1v) is 12.0. The van der Waals surface area contributed by atoms with Gasteiger partial charge in [0.05, 0.1) is 21.3 Å². The Balaban J connectivity index is 1.81. The summed E-state index contributed by atoms with van der Waals surface area (Å²) in [5.74, 6) is -0.826. The molecule has 0 aliphatic carbocycles. The van der Waals surface area contributed by atoms with E-state index in [0.717, 1.165) is 4.31 Å². The summed E-state index contributed by atoms with van der Waals surface area (Å²) in [5, 5.41) is 6.94. The topological polar surface area (TPSA) is 108 Å². The number of hydrogen-bond donors (Lipinski definition) is 2. The molecule has 2 N–H and O–H groups in total. The molecule has 2 amide bonds. The number of hydrogen-bond acceptors (Lipinski definition) is 5. The van der Waals surface area contributed by atoms with Crippen LogP contribution in [0.1, 0.15) is 19.4 Å². The molecule has 0 aliphatic rings. The van der Waals surface area contributed by atoms with Gasteiger partial charge in [0.2, 0.25) is 5.91 Å². The highest BCUT2D eigenvalue weighted by Gasteiger charge is 2.28. The maximum absolute atomic E-state index is 13.3. The molecule has 0 spiro atoms. The minimum atomic E-state index is -4.07. The summed E-state index contributed by atoms with van der Waals surface area (Å²) in [6, 6.07) is 21.1. The van der Waals surface area contributed by atoms with Crippen LogP contribution < -0.4 is 15.0 Å². The van der Waals surface area contributed by atoms with Gasteiger partial charge >= 0.3 is 0 Å². The van der Waals surface area contributed by atoms with Crippen molar-refractivity contribution < 1.29 is 18.0 Å². The first-order chi connectivity index (χ1) is 16.2. The van der Waals surface area contributed by atoms with Crippen LogP contribution in [-0.2, 0) is 19.6 Å². The van der Waals surface area contributed by atoms with E-state index in [1.807, 2.05) is 0 Å². The van der Waals surface area contributed by atoms with Gasteiger partial charge in [-0.15, -0.1) is 0 Å². The van der Waals surface area contributed by atoms with E-state index in [2.05, 4.69) is 15.8 Å². The van der Waals surface area contributed by atoms with Crippen LogP contribution in [0, 0.1) is 0 Å². The molecule has 0 atom stereocenters. The van der Waals surface area contributed by atoms with E-state index >= 15 is 0 Å². The molecule has 0 heterocycles. The minimum Gasteiger partial charge on any atom is -0.326 e. The van der Waals surface area contributed by atoms with E-state index in [9.17, 15) is 18.0 Å². The molecular formula is C24H23ClN4O4S. The highest BCUT2D eigenvalue weighted by Crippen LogP contribution is 2.30. The number of carbonyl (C=O) groups is 2. The first kappa shape index (κ1) is 24.9. The molecule has 3 aromatic rings. The van der Waals surface area contributed by atoms with E-state index in [-0.39, 0.29) is 21.5 Å². The van der Waals surface area contributed by atoms with Gasteiger partial charge in [-0.1, -0.05) is 54.1 Å². The Morgan fingerprint density at radius 2 is 1.53 bits per heavy atom. The summed E-state index contributed by atoms with van der Waals surface area (Å²) in [7, 11) is -4.07. The Kier molecular flexibility index (Phi) is 8.04. The summed E-state index contributed by atoms with van der Waals surface area (Å²) >= 11 is 6.26. The Hall–Kier alpha value is -3.69. The fraction of sp³-hybridized carbons (Fsp3) is 0.125. The van der Waals surface area contributed by atoms with Gasteiger partial charge in [0.1, 0.15) is 6.54 Å². The van der Waals surface area contributed by atoms with Crippen LogP contribution >= 0.6 is 11.6 Å². The number of hydrazone groups is 1. The second-order valence-corrected chi connectivity index (χ2v) is 9.54. The Morgan fingerprint density at radius 3 is 2.15 bits per heavy atom. The van der Waals surface area contributed by atoms with Crippen molar-refractivity contribution in [2.45, 2.75) is 18.7 Å².